The average molecular weight is 718 g/mol. The van der Waals surface area contributed by atoms with Gasteiger partial charge in [0.05, 0.1) is 6.61 Å². The number of aryl methyl sites for hydroxylation is 1. The summed E-state index contributed by atoms with van der Waals surface area (Å²) in [5.74, 6) is -1.98. The Morgan fingerprint density at radius 1 is 0.660 bits per heavy atom. The number of benzene rings is 4. The zero-order valence-electron chi connectivity index (χ0n) is 30.6. The fraction of sp³-hybridized carbons (Fsp3) is 0.268. The summed E-state index contributed by atoms with van der Waals surface area (Å²) in [5, 5.41) is 19.4. The molecule has 2 unspecified atom stereocenters. The molecule has 1 N–H and O–H groups in total. The molecule has 0 saturated heterocycles. The van der Waals surface area contributed by atoms with Crippen molar-refractivity contribution in [3.63, 3.8) is 0 Å². The molecule has 5 rings (SSSR count). The van der Waals surface area contributed by atoms with E-state index in [0.717, 1.165) is 16.4 Å². The maximum Gasteiger partial charge on any atom is 0.440 e. The number of rotatable bonds is 13. The third-order valence-corrected chi connectivity index (χ3v) is 9.27. The monoisotopic (exact) mass is 717 g/mol. The first-order chi connectivity index (χ1) is 25.5. The number of carbonyl (C=O) groups is 4. The molecule has 2 amide bonds. The number of Topliss-reactive ketones (excluding diaryl/α,β-unsaturated/α-hetero) is 2. The number of para-hydroxylation sites is 2. The number of aliphatic hydroxyl groups is 1. The Bertz CT molecular complexity index is 2040. The van der Waals surface area contributed by atoms with Gasteiger partial charge >= 0.3 is 12.2 Å². The molecule has 1 heterocycles. The summed E-state index contributed by atoms with van der Waals surface area (Å²) in [6.07, 6.45) is -0.962. The van der Waals surface area contributed by atoms with Crippen molar-refractivity contribution in [1.29, 1.82) is 0 Å². The number of hydrogen-bond acceptors (Lipinski definition) is 9. The van der Waals surface area contributed by atoms with Gasteiger partial charge in [-0.05, 0) is 74.0 Å². The molecule has 2 atom stereocenters. The van der Waals surface area contributed by atoms with Crippen LogP contribution in [0, 0.1) is 11.8 Å². The first-order valence-electron chi connectivity index (χ1n) is 17.4. The number of ketones is 2. The summed E-state index contributed by atoms with van der Waals surface area (Å²) < 4.78 is 2.07. The average Bonchev–Trinajstić information content (AvgIpc) is 3.52. The van der Waals surface area contributed by atoms with Crippen LogP contribution in [-0.2, 0) is 16.2 Å². The Kier molecular flexibility index (Phi) is 12.2. The van der Waals surface area contributed by atoms with Gasteiger partial charge < -0.3 is 9.67 Å². The maximum atomic E-state index is 14.0. The molecular weight excluding hydrogens is 674 g/mol. The lowest BCUT2D eigenvalue weighted by molar-refractivity contribution is 0.104. The Balaban J connectivity index is 1.49. The van der Waals surface area contributed by atoms with Gasteiger partial charge in [-0.2, -0.15) is 0 Å². The first kappa shape index (κ1) is 38.1. The van der Waals surface area contributed by atoms with E-state index in [1.54, 1.807) is 86.8 Å². The highest BCUT2D eigenvalue weighted by atomic mass is 16.7. The van der Waals surface area contributed by atoms with Crippen molar-refractivity contribution in [3.8, 4) is 0 Å². The topological polar surface area (TPSA) is 143 Å². The number of amides is 2. The number of fused-ring (bicyclic) bond motifs is 3. The SMILES string of the molecule is CCC(C)/C(=N\OC(=O)N(C)c1ccccc1)C(=O)c1ccc2c(c1)c1cc(C(=O)/C(=N/OC(=O)N(C)c3ccccc3)C(C)CO)ccc1n2CC. The van der Waals surface area contributed by atoms with Crippen LogP contribution in [0.4, 0.5) is 21.0 Å². The highest BCUT2D eigenvalue weighted by molar-refractivity contribution is 6.47. The van der Waals surface area contributed by atoms with Crippen molar-refractivity contribution in [2.45, 2.75) is 40.7 Å². The van der Waals surface area contributed by atoms with Crippen LogP contribution < -0.4 is 9.80 Å². The number of nitrogens with zero attached hydrogens (tertiary/aromatic N) is 5. The Hall–Kier alpha value is -6.14. The molecule has 4 aromatic carbocycles. The zero-order valence-corrected chi connectivity index (χ0v) is 30.6. The molecular formula is C41H43N5O7. The van der Waals surface area contributed by atoms with E-state index in [1.807, 2.05) is 45.0 Å². The van der Waals surface area contributed by atoms with Crippen molar-refractivity contribution >= 4 is 68.4 Å². The van der Waals surface area contributed by atoms with Gasteiger partial charge in [-0.25, -0.2) is 9.59 Å². The summed E-state index contributed by atoms with van der Waals surface area (Å²) in [5.41, 5.74) is 3.43. The van der Waals surface area contributed by atoms with E-state index >= 15 is 0 Å². The van der Waals surface area contributed by atoms with Gasteiger partial charge in [0.1, 0.15) is 11.4 Å². The second-order valence-electron chi connectivity index (χ2n) is 12.7. The minimum atomic E-state index is -0.802. The summed E-state index contributed by atoms with van der Waals surface area (Å²) >= 11 is 0. The van der Waals surface area contributed by atoms with Gasteiger partial charge in [-0.1, -0.05) is 67.5 Å². The van der Waals surface area contributed by atoms with Crippen molar-refractivity contribution in [3.05, 3.63) is 108 Å². The highest BCUT2D eigenvalue weighted by Crippen LogP contribution is 2.32. The largest absolute Gasteiger partial charge is 0.440 e. The molecule has 0 radical (unpaired) electrons. The maximum absolute atomic E-state index is 14.0. The van der Waals surface area contributed by atoms with Crippen LogP contribution in [0.2, 0.25) is 0 Å². The van der Waals surface area contributed by atoms with E-state index in [4.69, 9.17) is 9.68 Å². The number of oxime groups is 2. The van der Waals surface area contributed by atoms with Crippen LogP contribution >= 0.6 is 0 Å². The zero-order chi connectivity index (χ0) is 38.2. The fourth-order valence-corrected chi connectivity index (χ4v) is 5.83. The summed E-state index contributed by atoms with van der Waals surface area (Å²) in [4.78, 5) is 66.6. The lowest BCUT2D eigenvalue weighted by atomic mass is 9.94. The molecule has 0 fully saturated rings. The van der Waals surface area contributed by atoms with Gasteiger partial charge in [-0.3, -0.25) is 29.1 Å². The molecule has 0 aliphatic carbocycles. The second kappa shape index (κ2) is 16.9. The van der Waals surface area contributed by atoms with Gasteiger partial charge in [-0.15, -0.1) is 0 Å². The molecule has 12 nitrogen and oxygen atoms in total. The number of aliphatic hydroxyl groups excluding tert-OH is 1. The molecule has 12 heteroatoms. The van der Waals surface area contributed by atoms with Crippen molar-refractivity contribution in [2.24, 2.45) is 22.1 Å². The number of aromatic nitrogens is 1. The van der Waals surface area contributed by atoms with Crippen LogP contribution in [0.5, 0.6) is 0 Å². The summed E-state index contributed by atoms with van der Waals surface area (Å²) in [7, 11) is 3.08. The fourth-order valence-electron chi connectivity index (χ4n) is 5.83. The van der Waals surface area contributed by atoms with Crippen LogP contribution in [0.3, 0.4) is 0 Å². The van der Waals surface area contributed by atoms with E-state index in [-0.39, 0.29) is 22.9 Å². The lowest BCUT2D eigenvalue weighted by Gasteiger charge is -2.16. The van der Waals surface area contributed by atoms with Crippen LogP contribution in [0.1, 0.15) is 54.8 Å². The molecule has 0 spiro atoms. The van der Waals surface area contributed by atoms with Crippen molar-refractivity contribution in [1.82, 2.24) is 4.57 Å². The predicted molar refractivity (Wildman–Crippen MR) is 207 cm³/mol. The Labute approximate surface area is 307 Å². The van der Waals surface area contributed by atoms with Crippen molar-refractivity contribution < 1.29 is 34.0 Å². The number of hydrogen-bond donors (Lipinski definition) is 1. The molecule has 5 aromatic rings. The van der Waals surface area contributed by atoms with E-state index in [0.29, 0.717) is 35.3 Å². The molecule has 0 saturated carbocycles. The Morgan fingerprint density at radius 2 is 1.08 bits per heavy atom. The lowest BCUT2D eigenvalue weighted by Crippen LogP contribution is -2.29. The minimum Gasteiger partial charge on any atom is -0.396 e. The van der Waals surface area contributed by atoms with Crippen LogP contribution in [0.15, 0.2) is 107 Å². The third-order valence-electron chi connectivity index (χ3n) is 9.27. The quantitative estimate of drug-likeness (QED) is 0.0561. The Morgan fingerprint density at radius 3 is 1.45 bits per heavy atom. The van der Waals surface area contributed by atoms with E-state index < -0.39 is 36.3 Å². The van der Waals surface area contributed by atoms with E-state index in [1.165, 1.54) is 16.8 Å². The molecule has 53 heavy (non-hydrogen) atoms. The molecule has 1 aromatic heterocycles. The predicted octanol–water partition coefficient (Wildman–Crippen LogP) is 8.11. The molecule has 274 valence electrons. The number of carbonyl (C=O) groups excluding carboxylic acids is 4. The highest BCUT2D eigenvalue weighted by Gasteiger charge is 2.26. The van der Waals surface area contributed by atoms with Gasteiger partial charge in [0.2, 0.25) is 11.6 Å². The molecule has 0 bridgehead atoms. The summed E-state index contributed by atoms with van der Waals surface area (Å²) in [6, 6.07) is 28.3. The van der Waals surface area contributed by atoms with E-state index in [9.17, 15) is 24.3 Å². The number of anilines is 2. The minimum absolute atomic E-state index is 0.100. The standard InChI is InChI=1S/C41H43N5O7/c1-7-26(3)36(42-52-40(50)44(5)30-15-11-9-12-16-30)38(48)28-19-21-34-32(23-28)33-24-29(20-22-35(33)46(34)8-2)39(49)37(27(4)25-47)43-53-41(51)45(6)31-17-13-10-14-18-31/h9-24,26-27,47H,7-8,25H2,1-6H3/b42-36+,43-37+. The smallest absolute Gasteiger partial charge is 0.396 e. The second-order valence-corrected chi connectivity index (χ2v) is 12.7. The van der Waals surface area contributed by atoms with E-state index in [2.05, 4.69) is 14.9 Å². The van der Waals surface area contributed by atoms with Crippen LogP contribution in [-0.4, -0.2) is 65.6 Å². The van der Waals surface area contributed by atoms with Gasteiger partial charge in [0.15, 0.2) is 0 Å². The van der Waals surface area contributed by atoms with Crippen LogP contribution in [0.25, 0.3) is 21.8 Å². The van der Waals surface area contributed by atoms with Gasteiger partial charge in [0.25, 0.3) is 0 Å². The van der Waals surface area contributed by atoms with Crippen molar-refractivity contribution in [2.75, 3.05) is 30.5 Å². The molecule has 0 aliphatic heterocycles. The molecule has 0 aliphatic rings. The normalized spacial score (nSPS) is 13.0. The third kappa shape index (κ3) is 8.18. The van der Waals surface area contributed by atoms with Gasteiger partial charge in [0, 0.05) is 76.8 Å². The summed E-state index contributed by atoms with van der Waals surface area (Å²) in [6.45, 7) is 7.58. The first-order valence-corrected chi connectivity index (χ1v) is 17.4.